The summed E-state index contributed by atoms with van der Waals surface area (Å²) >= 11 is 0. The fourth-order valence-electron chi connectivity index (χ4n) is 2.16. The Hall–Kier alpha value is -2.99. The first-order chi connectivity index (χ1) is 11.1. The van der Waals surface area contributed by atoms with Crippen molar-refractivity contribution < 1.29 is 9.90 Å². The Kier molecular flexibility index (Phi) is 5.44. The quantitative estimate of drug-likeness (QED) is 0.674. The molecule has 7 heteroatoms. The molecule has 122 valence electrons. The zero-order valence-corrected chi connectivity index (χ0v) is 13.6. The topological polar surface area (TPSA) is 86.9 Å². The largest absolute Gasteiger partial charge is 0.506 e. The van der Waals surface area contributed by atoms with Crippen LogP contribution in [-0.4, -0.2) is 16.0 Å². The van der Waals surface area contributed by atoms with Gasteiger partial charge >= 0.3 is 0 Å². The molecule has 2 aromatic carbocycles. The molecule has 0 saturated carbocycles. The van der Waals surface area contributed by atoms with Crippen LogP contribution in [0.2, 0.25) is 0 Å². The van der Waals surface area contributed by atoms with E-state index in [1.54, 1.807) is 48.7 Å². The Bertz CT molecular complexity index is 895. The Labute approximate surface area is 144 Å². The van der Waals surface area contributed by atoms with E-state index in [2.05, 4.69) is 20.5 Å². The molecule has 3 aromatic rings. The smallest absolute Gasteiger partial charge is 0.221 e. The van der Waals surface area contributed by atoms with Crippen molar-refractivity contribution in [2.24, 2.45) is 10.2 Å². The molecule has 2 N–H and O–H groups in total. The summed E-state index contributed by atoms with van der Waals surface area (Å²) in [5.74, 6) is -0.0124. The van der Waals surface area contributed by atoms with Crippen LogP contribution in [0, 0.1) is 0 Å². The van der Waals surface area contributed by atoms with Crippen LogP contribution in [0.25, 0.3) is 10.9 Å². The van der Waals surface area contributed by atoms with Gasteiger partial charge in [-0.05, 0) is 48.5 Å². The number of phenols is 1. The van der Waals surface area contributed by atoms with Gasteiger partial charge in [-0.3, -0.25) is 9.78 Å². The van der Waals surface area contributed by atoms with Crippen LogP contribution < -0.4 is 5.32 Å². The van der Waals surface area contributed by atoms with Gasteiger partial charge in [-0.1, -0.05) is 0 Å². The number of phenolic OH excluding ortho intramolecular Hbond substituents is 1. The number of benzene rings is 2. The molecule has 0 radical (unpaired) electrons. The first-order valence-corrected chi connectivity index (χ1v) is 6.99. The number of halogens is 1. The lowest BCUT2D eigenvalue weighted by Crippen LogP contribution is -2.04. The number of aromatic hydroxyl groups is 1. The minimum Gasteiger partial charge on any atom is -0.506 e. The van der Waals surface area contributed by atoms with E-state index in [4.69, 9.17) is 0 Å². The molecule has 1 aromatic heterocycles. The lowest BCUT2D eigenvalue weighted by atomic mass is 10.2. The number of aromatic nitrogens is 1. The molecule has 0 saturated heterocycles. The number of rotatable bonds is 3. The van der Waals surface area contributed by atoms with Gasteiger partial charge in [0.15, 0.2) is 0 Å². The second-order valence-corrected chi connectivity index (χ2v) is 4.93. The Morgan fingerprint density at radius 1 is 1.08 bits per heavy atom. The van der Waals surface area contributed by atoms with Crippen molar-refractivity contribution in [3.63, 3.8) is 0 Å². The minimum absolute atomic E-state index is 0. The van der Waals surface area contributed by atoms with Gasteiger partial charge < -0.3 is 10.4 Å². The van der Waals surface area contributed by atoms with E-state index in [0.717, 1.165) is 5.39 Å². The zero-order chi connectivity index (χ0) is 16.2. The van der Waals surface area contributed by atoms with Gasteiger partial charge in [-0.15, -0.1) is 17.5 Å². The lowest BCUT2D eigenvalue weighted by Gasteiger charge is -2.03. The first kappa shape index (κ1) is 17.4. The van der Waals surface area contributed by atoms with E-state index >= 15 is 0 Å². The van der Waals surface area contributed by atoms with Gasteiger partial charge in [0.1, 0.15) is 11.3 Å². The summed E-state index contributed by atoms with van der Waals surface area (Å²) in [7, 11) is 0. The number of amides is 1. The maximum absolute atomic E-state index is 11.0. The molecule has 0 aliphatic heterocycles. The highest BCUT2D eigenvalue weighted by molar-refractivity contribution is 5.93. The highest BCUT2D eigenvalue weighted by Crippen LogP contribution is 2.31. The zero-order valence-electron chi connectivity index (χ0n) is 12.8. The second kappa shape index (κ2) is 7.52. The molecule has 24 heavy (non-hydrogen) atoms. The monoisotopic (exact) mass is 342 g/mol. The predicted molar refractivity (Wildman–Crippen MR) is 95.6 cm³/mol. The van der Waals surface area contributed by atoms with Gasteiger partial charge in [0.05, 0.1) is 11.4 Å². The van der Waals surface area contributed by atoms with Gasteiger partial charge in [0.25, 0.3) is 0 Å². The molecule has 6 nitrogen and oxygen atoms in total. The van der Waals surface area contributed by atoms with E-state index in [-0.39, 0.29) is 24.1 Å². The standard InChI is InChI=1S/C17H14N4O2.ClH/c1-11(22)19-12-4-6-13(7-5-12)20-21-15-8-9-16(23)17-14(15)3-2-10-18-17;/h2-10,23H,1H3,(H,19,22);1H. The summed E-state index contributed by atoms with van der Waals surface area (Å²) in [5.41, 5.74) is 2.47. The number of hydrogen-bond donors (Lipinski definition) is 2. The summed E-state index contributed by atoms with van der Waals surface area (Å²) in [6.45, 7) is 1.46. The fourth-order valence-corrected chi connectivity index (χ4v) is 2.16. The van der Waals surface area contributed by atoms with E-state index in [0.29, 0.717) is 22.6 Å². The Morgan fingerprint density at radius 3 is 2.54 bits per heavy atom. The molecule has 1 amide bonds. The normalized spacial score (nSPS) is 10.5. The summed E-state index contributed by atoms with van der Waals surface area (Å²) in [4.78, 5) is 15.1. The maximum atomic E-state index is 11.0. The highest BCUT2D eigenvalue weighted by Gasteiger charge is 2.05. The van der Waals surface area contributed by atoms with Gasteiger partial charge in [-0.2, -0.15) is 5.11 Å². The molecule has 0 unspecified atom stereocenters. The molecule has 0 atom stereocenters. The van der Waals surface area contributed by atoms with Crippen LogP contribution in [0.3, 0.4) is 0 Å². The van der Waals surface area contributed by atoms with Crippen molar-refractivity contribution in [2.45, 2.75) is 6.92 Å². The molecule has 1 heterocycles. The van der Waals surface area contributed by atoms with Crippen LogP contribution >= 0.6 is 12.4 Å². The third kappa shape index (κ3) is 3.85. The van der Waals surface area contributed by atoms with E-state index in [1.807, 2.05) is 6.07 Å². The van der Waals surface area contributed by atoms with Gasteiger partial charge in [-0.25, -0.2) is 0 Å². The molecule has 3 rings (SSSR count). The maximum Gasteiger partial charge on any atom is 0.221 e. The van der Waals surface area contributed by atoms with Crippen LogP contribution in [-0.2, 0) is 4.79 Å². The molecule has 0 aliphatic rings. The average molecular weight is 343 g/mol. The summed E-state index contributed by atoms with van der Waals surface area (Å²) in [6, 6.07) is 13.9. The number of nitrogens with zero attached hydrogens (tertiary/aromatic N) is 3. The molecular weight excluding hydrogens is 328 g/mol. The number of nitrogens with one attached hydrogen (secondary N) is 1. The van der Waals surface area contributed by atoms with Crippen molar-refractivity contribution in [1.29, 1.82) is 0 Å². The molecule has 0 spiro atoms. The number of fused-ring (bicyclic) bond motifs is 1. The third-order valence-corrected chi connectivity index (χ3v) is 3.19. The van der Waals surface area contributed by atoms with Crippen LogP contribution in [0.4, 0.5) is 17.1 Å². The third-order valence-electron chi connectivity index (χ3n) is 3.19. The van der Waals surface area contributed by atoms with E-state index in [1.165, 1.54) is 6.92 Å². The Morgan fingerprint density at radius 2 is 1.83 bits per heavy atom. The number of azo groups is 1. The molecule has 0 aliphatic carbocycles. The minimum atomic E-state index is -0.123. The number of anilines is 1. The predicted octanol–water partition coefficient (Wildman–Crippen LogP) is 4.74. The molecule has 0 bridgehead atoms. The van der Waals surface area contributed by atoms with Gasteiger partial charge in [0, 0.05) is 24.2 Å². The highest BCUT2D eigenvalue weighted by atomic mass is 35.5. The van der Waals surface area contributed by atoms with Crippen molar-refractivity contribution in [3.05, 3.63) is 54.7 Å². The van der Waals surface area contributed by atoms with Crippen LogP contribution in [0.1, 0.15) is 6.92 Å². The van der Waals surface area contributed by atoms with E-state index < -0.39 is 0 Å². The van der Waals surface area contributed by atoms with Crippen molar-refractivity contribution >= 4 is 46.3 Å². The average Bonchev–Trinajstić information content (AvgIpc) is 2.55. The van der Waals surface area contributed by atoms with Gasteiger partial charge in [0.2, 0.25) is 5.91 Å². The van der Waals surface area contributed by atoms with Crippen molar-refractivity contribution in [3.8, 4) is 5.75 Å². The summed E-state index contributed by atoms with van der Waals surface area (Å²) < 4.78 is 0. The number of hydrogen-bond acceptors (Lipinski definition) is 5. The summed E-state index contributed by atoms with van der Waals surface area (Å²) in [6.07, 6.45) is 1.61. The number of pyridine rings is 1. The Balaban J connectivity index is 0.00000208. The molecular formula is C17H15ClN4O2. The van der Waals surface area contributed by atoms with E-state index in [9.17, 15) is 9.90 Å². The fraction of sp³-hybridized carbons (Fsp3) is 0.0588. The lowest BCUT2D eigenvalue weighted by molar-refractivity contribution is -0.114. The number of carbonyl (C=O) groups is 1. The SMILES string of the molecule is CC(=O)Nc1ccc(N=Nc2ccc(O)c3ncccc23)cc1.Cl. The van der Waals surface area contributed by atoms with Crippen LogP contribution in [0.5, 0.6) is 5.75 Å². The van der Waals surface area contributed by atoms with Crippen LogP contribution in [0.15, 0.2) is 65.0 Å². The van der Waals surface area contributed by atoms with Crippen molar-refractivity contribution in [2.75, 3.05) is 5.32 Å². The first-order valence-electron chi connectivity index (χ1n) is 6.99. The number of carbonyl (C=O) groups excluding carboxylic acids is 1. The molecule has 0 fully saturated rings. The second-order valence-electron chi connectivity index (χ2n) is 4.93. The summed E-state index contributed by atoms with van der Waals surface area (Å²) in [5, 5.41) is 21.6. The van der Waals surface area contributed by atoms with Crippen molar-refractivity contribution in [1.82, 2.24) is 4.98 Å².